The highest BCUT2D eigenvalue weighted by Crippen LogP contribution is 2.35. The molecule has 0 bridgehead atoms. The van der Waals surface area contributed by atoms with Gasteiger partial charge in [-0.2, -0.15) is 0 Å². The number of aryl methyl sites for hydroxylation is 1. The zero-order chi connectivity index (χ0) is 17.9. The summed E-state index contributed by atoms with van der Waals surface area (Å²) in [5, 5.41) is 2.94. The molecule has 3 aromatic rings. The van der Waals surface area contributed by atoms with Gasteiger partial charge < -0.3 is 18.9 Å². The van der Waals surface area contributed by atoms with E-state index in [1.807, 2.05) is 12.3 Å². The van der Waals surface area contributed by atoms with Gasteiger partial charge in [-0.15, -0.1) is 11.3 Å². The normalized spacial score (nSPS) is 12.0. The summed E-state index contributed by atoms with van der Waals surface area (Å²) >= 11 is 1.57. The van der Waals surface area contributed by atoms with Gasteiger partial charge in [0.25, 0.3) is 0 Å². The molecule has 4 rings (SSSR count). The van der Waals surface area contributed by atoms with E-state index in [0.29, 0.717) is 35.2 Å². The van der Waals surface area contributed by atoms with Gasteiger partial charge in [0, 0.05) is 11.4 Å². The Labute approximate surface area is 153 Å². The van der Waals surface area contributed by atoms with Crippen LogP contribution in [0, 0.1) is 6.92 Å². The number of carbonyl (C=O) groups excluding carboxylic acids is 1. The highest BCUT2D eigenvalue weighted by Gasteiger charge is 2.16. The smallest absolute Gasteiger partial charge is 0.343 e. The fourth-order valence-electron chi connectivity index (χ4n) is 2.45. The Balaban J connectivity index is 1.43. The molecule has 26 heavy (non-hydrogen) atoms. The molecule has 2 heterocycles. The van der Waals surface area contributed by atoms with Gasteiger partial charge in [-0.05, 0) is 37.3 Å². The van der Waals surface area contributed by atoms with Crippen LogP contribution >= 0.6 is 11.3 Å². The summed E-state index contributed by atoms with van der Waals surface area (Å²) in [6.07, 6.45) is 0. The Hall–Kier alpha value is -3.06. The Morgan fingerprint density at radius 1 is 1.15 bits per heavy atom. The minimum Gasteiger partial charge on any atom is -0.487 e. The largest absolute Gasteiger partial charge is 0.487 e. The second-order valence-electron chi connectivity index (χ2n) is 5.58. The molecule has 6 nitrogen and oxygen atoms in total. The fraction of sp³-hybridized carbons (Fsp3) is 0.158. The van der Waals surface area contributed by atoms with Crippen molar-refractivity contribution in [2.45, 2.75) is 13.5 Å². The van der Waals surface area contributed by atoms with Crippen molar-refractivity contribution in [3.05, 3.63) is 64.1 Å². The van der Waals surface area contributed by atoms with Crippen LogP contribution in [0.25, 0.3) is 0 Å². The molecule has 0 saturated heterocycles. The number of nitrogens with zero attached hydrogens (tertiary/aromatic N) is 1. The molecule has 2 aromatic carbocycles. The van der Waals surface area contributed by atoms with Crippen molar-refractivity contribution in [1.82, 2.24) is 4.98 Å². The summed E-state index contributed by atoms with van der Waals surface area (Å²) in [5.41, 5.74) is 1.26. The Bertz CT molecular complexity index is 953. The molecule has 7 heteroatoms. The summed E-state index contributed by atoms with van der Waals surface area (Å²) < 4.78 is 21.6. The zero-order valence-corrected chi connectivity index (χ0v) is 14.7. The molecule has 0 unspecified atom stereocenters. The van der Waals surface area contributed by atoms with E-state index < -0.39 is 5.97 Å². The van der Waals surface area contributed by atoms with Gasteiger partial charge in [-0.3, -0.25) is 0 Å². The summed E-state index contributed by atoms with van der Waals surface area (Å²) in [6.45, 7) is 2.47. The molecule has 0 aliphatic carbocycles. The second-order valence-corrected chi connectivity index (χ2v) is 6.64. The molecule has 0 radical (unpaired) electrons. The van der Waals surface area contributed by atoms with Crippen molar-refractivity contribution in [2.24, 2.45) is 0 Å². The first-order valence-corrected chi connectivity index (χ1v) is 8.81. The van der Waals surface area contributed by atoms with Crippen LogP contribution in [0.2, 0.25) is 0 Å². The summed E-state index contributed by atoms with van der Waals surface area (Å²) in [7, 11) is 0. The van der Waals surface area contributed by atoms with Crippen LogP contribution in [0.4, 0.5) is 0 Å². The first kappa shape index (κ1) is 16.4. The average molecular weight is 369 g/mol. The third kappa shape index (κ3) is 3.62. The van der Waals surface area contributed by atoms with Crippen molar-refractivity contribution in [2.75, 3.05) is 6.79 Å². The highest BCUT2D eigenvalue weighted by atomic mass is 32.1. The predicted octanol–water partition coefficient (Wildman–Crippen LogP) is 3.98. The van der Waals surface area contributed by atoms with Crippen LogP contribution in [0.1, 0.15) is 21.1 Å². The van der Waals surface area contributed by atoms with E-state index in [1.54, 1.807) is 53.8 Å². The SMILES string of the molecule is Cc1nc(COc2cccc(C(=O)Oc3ccc4c(c3)OCO4)c2)cs1. The lowest BCUT2D eigenvalue weighted by Crippen LogP contribution is -2.08. The van der Waals surface area contributed by atoms with Crippen molar-refractivity contribution >= 4 is 17.3 Å². The molecule has 0 N–H and O–H groups in total. The maximum Gasteiger partial charge on any atom is 0.343 e. The predicted molar refractivity (Wildman–Crippen MR) is 95.1 cm³/mol. The number of benzene rings is 2. The number of esters is 1. The van der Waals surface area contributed by atoms with E-state index in [2.05, 4.69) is 4.98 Å². The van der Waals surface area contributed by atoms with Crippen molar-refractivity contribution in [3.63, 3.8) is 0 Å². The van der Waals surface area contributed by atoms with Crippen molar-refractivity contribution in [1.29, 1.82) is 0 Å². The molecule has 0 fully saturated rings. The van der Waals surface area contributed by atoms with Crippen LogP contribution in [-0.2, 0) is 6.61 Å². The maximum atomic E-state index is 12.4. The molecule has 132 valence electrons. The number of thiazole rings is 1. The van der Waals surface area contributed by atoms with E-state index in [0.717, 1.165) is 10.7 Å². The lowest BCUT2D eigenvalue weighted by atomic mass is 10.2. The van der Waals surface area contributed by atoms with Gasteiger partial charge in [0.05, 0.1) is 16.3 Å². The van der Waals surface area contributed by atoms with Gasteiger partial charge in [-0.1, -0.05) is 6.07 Å². The highest BCUT2D eigenvalue weighted by molar-refractivity contribution is 7.09. The third-order valence-electron chi connectivity index (χ3n) is 3.68. The number of carbonyl (C=O) groups is 1. The minimum atomic E-state index is -0.473. The molecule has 1 aromatic heterocycles. The molecule has 1 aliphatic rings. The monoisotopic (exact) mass is 369 g/mol. The van der Waals surface area contributed by atoms with E-state index in [4.69, 9.17) is 18.9 Å². The maximum absolute atomic E-state index is 12.4. The second kappa shape index (κ2) is 7.05. The quantitative estimate of drug-likeness (QED) is 0.501. The topological polar surface area (TPSA) is 66.9 Å². The van der Waals surface area contributed by atoms with Crippen LogP contribution in [0.3, 0.4) is 0 Å². The lowest BCUT2D eigenvalue weighted by molar-refractivity contribution is 0.0734. The van der Waals surface area contributed by atoms with Crippen molar-refractivity contribution < 1.29 is 23.7 Å². The van der Waals surface area contributed by atoms with Crippen molar-refractivity contribution in [3.8, 4) is 23.0 Å². The number of rotatable bonds is 5. The zero-order valence-electron chi connectivity index (χ0n) is 13.9. The summed E-state index contributed by atoms with van der Waals surface area (Å²) in [4.78, 5) is 16.7. The fourth-order valence-corrected chi connectivity index (χ4v) is 3.05. The van der Waals surface area contributed by atoms with E-state index in [9.17, 15) is 4.79 Å². The van der Waals surface area contributed by atoms with E-state index in [1.165, 1.54) is 0 Å². The third-order valence-corrected chi connectivity index (χ3v) is 4.50. The number of hydrogen-bond donors (Lipinski definition) is 0. The van der Waals surface area contributed by atoms with E-state index in [-0.39, 0.29) is 6.79 Å². The van der Waals surface area contributed by atoms with Gasteiger partial charge in [0.2, 0.25) is 6.79 Å². The molecule has 0 spiro atoms. The van der Waals surface area contributed by atoms with Gasteiger partial charge in [-0.25, -0.2) is 9.78 Å². The number of ether oxygens (including phenoxy) is 4. The molecular weight excluding hydrogens is 354 g/mol. The number of fused-ring (bicyclic) bond motifs is 1. The molecule has 0 atom stereocenters. The Kier molecular flexibility index (Phi) is 4.45. The average Bonchev–Trinajstić information content (AvgIpc) is 3.28. The van der Waals surface area contributed by atoms with Gasteiger partial charge in [0.1, 0.15) is 18.1 Å². The van der Waals surface area contributed by atoms with E-state index >= 15 is 0 Å². The summed E-state index contributed by atoms with van der Waals surface area (Å²) in [5.74, 6) is 1.70. The van der Waals surface area contributed by atoms with Crippen LogP contribution in [-0.4, -0.2) is 17.7 Å². The Morgan fingerprint density at radius 3 is 2.88 bits per heavy atom. The Morgan fingerprint density at radius 2 is 2.04 bits per heavy atom. The first-order chi connectivity index (χ1) is 12.7. The van der Waals surface area contributed by atoms with Gasteiger partial charge >= 0.3 is 5.97 Å². The molecule has 0 amide bonds. The van der Waals surface area contributed by atoms with Crippen LogP contribution in [0.15, 0.2) is 47.8 Å². The first-order valence-electron chi connectivity index (χ1n) is 7.93. The number of hydrogen-bond acceptors (Lipinski definition) is 7. The van der Waals surface area contributed by atoms with Crippen LogP contribution < -0.4 is 18.9 Å². The van der Waals surface area contributed by atoms with Crippen LogP contribution in [0.5, 0.6) is 23.0 Å². The molecular formula is C19H15NO5S. The lowest BCUT2D eigenvalue weighted by Gasteiger charge is -2.08. The van der Waals surface area contributed by atoms with Gasteiger partial charge in [0.15, 0.2) is 11.5 Å². The number of aromatic nitrogens is 1. The minimum absolute atomic E-state index is 0.171. The molecule has 1 aliphatic heterocycles. The molecule has 0 saturated carbocycles. The standard InChI is InChI=1S/C19H15NO5S/c1-12-20-14(10-26-12)9-22-15-4-2-3-13(7-15)19(21)25-16-5-6-17-18(8-16)24-11-23-17/h2-8,10H,9,11H2,1H3. The summed E-state index contributed by atoms with van der Waals surface area (Å²) in [6, 6.07) is 11.9.